The van der Waals surface area contributed by atoms with Crippen LogP contribution in [0, 0.1) is 0 Å². The molecule has 0 atom stereocenters. The van der Waals surface area contributed by atoms with Crippen LogP contribution in [-0.4, -0.2) is 17.8 Å². The molecule has 128 valence electrons. The molecule has 0 aromatic heterocycles. The summed E-state index contributed by atoms with van der Waals surface area (Å²) >= 11 is 0.889. The first-order chi connectivity index (χ1) is 12.2. The van der Waals surface area contributed by atoms with Crippen LogP contribution in [0.3, 0.4) is 0 Å². The molecule has 25 heavy (non-hydrogen) atoms. The van der Waals surface area contributed by atoms with Gasteiger partial charge >= 0.3 is 0 Å². The van der Waals surface area contributed by atoms with Gasteiger partial charge < -0.3 is 9.47 Å². The Bertz CT molecular complexity index is 817. The van der Waals surface area contributed by atoms with Crippen molar-refractivity contribution in [3.05, 3.63) is 64.6 Å². The fraction of sp³-hybridized carbons (Fsp3) is 0.158. The minimum Gasteiger partial charge on any atom is -0.490 e. The van der Waals surface area contributed by atoms with Crippen molar-refractivity contribution >= 4 is 29.0 Å². The van der Waals surface area contributed by atoms with Crippen molar-refractivity contribution in [1.82, 2.24) is 5.32 Å². The zero-order chi connectivity index (χ0) is 17.6. The van der Waals surface area contributed by atoms with E-state index in [1.54, 1.807) is 18.2 Å². The number of carbonyl (C=O) groups excluding carboxylic acids is 2. The van der Waals surface area contributed by atoms with E-state index >= 15 is 0 Å². The molecule has 1 aliphatic heterocycles. The van der Waals surface area contributed by atoms with Gasteiger partial charge in [0.05, 0.1) is 11.5 Å². The number of imide groups is 1. The maximum Gasteiger partial charge on any atom is 0.290 e. The molecule has 6 heteroatoms. The highest BCUT2D eigenvalue weighted by Gasteiger charge is 2.25. The molecule has 0 bridgehead atoms. The molecule has 2 aromatic rings. The standard InChI is InChI=1S/C19H17NO4S/c1-2-23-16-10-14(11-17-18(21)20-19(22)25-17)8-9-15(16)24-12-13-6-4-3-5-7-13/h3-11H,2,12H2,1H3,(H,20,21,22)/b17-11+. The Morgan fingerprint density at radius 1 is 1.04 bits per heavy atom. The number of nitrogens with one attached hydrogen (secondary N) is 1. The molecule has 1 aliphatic rings. The second kappa shape index (κ2) is 7.90. The molecule has 2 amide bonds. The summed E-state index contributed by atoms with van der Waals surface area (Å²) in [5.41, 5.74) is 1.83. The topological polar surface area (TPSA) is 64.6 Å². The molecule has 0 unspecified atom stereocenters. The van der Waals surface area contributed by atoms with Gasteiger partial charge in [-0.15, -0.1) is 0 Å². The number of ether oxygens (including phenoxy) is 2. The van der Waals surface area contributed by atoms with Gasteiger partial charge in [0.1, 0.15) is 6.61 Å². The first-order valence-corrected chi connectivity index (χ1v) is 8.66. The molecule has 0 radical (unpaired) electrons. The summed E-state index contributed by atoms with van der Waals surface area (Å²) in [5.74, 6) is 0.854. The van der Waals surface area contributed by atoms with Crippen molar-refractivity contribution in [3.63, 3.8) is 0 Å². The molecular formula is C19H17NO4S. The van der Waals surface area contributed by atoms with Gasteiger partial charge in [-0.05, 0) is 48.0 Å². The summed E-state index contributed by atoms with van der Waals surface area (Å²) in [7, 11) is 0. The third-order valence-electron chi connectivity index (χ3n) is 3.44. The summed E-state index contributed by atoms with van der Waals surface area (Å²) in [6, 6.07) is 15.3. The zero-order valence-electron chi connectivity index (χ0n) is 13.7. The van der Waals surface area contributed by atoms with Crippen molar-refractivity contribution in [2.45, 2.75) is 13.5 Å². The predicted molar refractivity (Wildman–Crippen MR) is 97.5 cm³/mol. The molecular weight excluding hydrogens is 338 g/mol. The van der Waals surface area contributed by atoms with Gasteiger partial charge in [0.25, 0.3) is 11.1 Å². The second-order valence-electron chi connectivity index (χ2n) is 5.27. The number of carbonyl (C=O) groups is 2. The Hall–Kier alpha value is -2.73. The van der Waals surface area contributed by atoms with Crippen molar-refractivity contribution in [1.29, 1.82) is 0 Å². The minimum atomic E-state index is -0.377. The van der Waals surface area contributed by atoms with Crippen molar-refractivity contribution < 1.29 is 19.1 Å². The van der Waals surface area contributed by atoms with Crippen LogP contribution >= 0.6 is 11.8 Å². The monoisotopic (exact) mass is 355 g/mol. The summed E-state index contributed by atoms with van der Waals surface area (Å²) in [6.07, 6.45) is 1.66. The second-order valence-corrected chi connectivity index (χ2v) is 6.28. The highest BCUT2D eigenvalue weighted by atomic mass is 32.2. The average Bonchev–Trinajstić information content (AvgIpc) is 2.92. The number of thioether (sulfide) groups is 1. The lowest BCUT2D eigenvalue weighted by Gasteiger charge is -2.13. The molecule has 3 rings (SSSR count). The van der Waals surface area contributed by atoms with Gasteiger partial charge in [-0.2, -0.15) is 0 Å². The molecule has 1 N–H and O–H groups in total. The van der Waals surface area contributed by atoms with Gasteiger partial charge in [0.15, 0.2) is 11.5 Å². The smallest absolute Gasteiger partial charge is 0.290 e. The number of hydrogen-bond acceptors (Lipinski definition) is 5. The number of amides is 2. The van der Waals surface area contributed by atoms with Gasteiger partial charge in [-0.1, -0.05) is 36.4 Å². The third kappa shape index (κ3) is 4.42. The van der Waals surface area contributed by atoms with Crippen LogP contribution in [0.2, 0.25) is 0 Å². The number of rotatable bonds is 6. The van der Waals surface area contributed by atoms with E-state index in [2.05, 4.69) is 5.32 Å². The molecule has 1 saturated heterocycles. The first-order valence-electron chi connectivity index (χ1n) is 7.84. The Kier molecular flexibility index (Phi) is 5.40. The van der Waals surface area contributed by atoms with Crippen LogP contribution < -0.4 is 14.8 Å². The van der Waals surface area contributed by atoms with Crippen LogP contribution in [0.5, 0.6) is 11.5 Å². The normalized spacial score (nSPS) is 15.3. The van der Waals surface area contributed by atoms with E-state index in [-0.39, 0.29) is 11.1 Å². The molecule has 0 aliphatic carbocycles. The lowest BCUT2D eigenvalue weighted by molar-refractivity contribution is -0.115. The molecule has 1 heterocycles. The van der Waals surface area contributed by atoms with Crippen LogP contribution in [0.4, 0.5) is 4.79 Å². The SMILES string of the molecule is CCOc1cc(/C=C2/SC(=O)NC2=O)ccc1OCc1ccccc1. The quantitative estimate of drug-likeness (QED) is 0.794. The summed E-state index contributed by atoms with van der Waals surface area (Å²) in [5, 5.41) is 1.88. The van der Waals surface area contributed by atoms with E-state index in [9.17, 15) is 9.59 Å². The van der Waals surface area contributed by atoms with Gasteiger partial charge in [-0.3, -0.25) is 14.9 Å². The van der Waals surface area contributed by atoms with Gasteiger partial charge in [0, 0.05) is 0 Å². The van der Waals surface area contributed by atoms with Gasteiger partial charge in [0.2, 0.25) is 0 Å². The van der Waals surface area contributed by atoms with Crippen molar-refractivity contribution in [2.75, 3.05) is 6.61 Å². The molecule has 2 aromatic carbocycles. The van der Waals surface area contributed by atoms with Crippen LogP contribution in [0.1, 0.15) is 18.1 Å². The van der Waals surface area contributed by atoms with Crippen molar-refractivity contribution in [2.24, 2.45) is 0 Å². The largest absolute Gasteiger partial charge is 0.490 e. The summed E-state index contributed by atoms with van der Waals surface area (Å²) in [6.45, 7) is 2.83. The number of benzene rings is 2. The summed E-state index contributed by atoms with van der Waals surface area (Å²) < 4.78 is 11.5. The lowest BCUT2D eigenvalue weighted by atomic mass is 10.2. The van der Waals surface area contributed by atoms with Crippen molar-refractivity contribution in [3.8, 4) is 11.5 Å². The Balaban J connectivity index is 1.79. The van der Waals surface area contributed by atoms with E-state index in [1.165, 1.54) is 0 Å². The number of hydrogen-bond donors (Lipinski definition) is 1. The van der Waals surface area contributed by atoms with E-state index in [0.29, 0.717) is 29.6 Å². The molecule has 0 saturated carbocycles. The minimum absolute atomic E-state index is 0.357. The zero-order valence-corrected chi connectivity index (χ0v) is 14.5. The van der Waals surface area contributed by atoms with E-state index in [1.807, 2.05) is 43.3 Å². The molecule has 5 nitrogen and oxygen atoms in total. The van der Waals surface area contributed by atoms with E-state index < -0.39 is 0 Å². The van der Waals surface area contributed by atoms with Crippen LogP contribution in [-0.2, 0) is 11.4 Å². The van der Waals surface area contributed by atoms with Crippen LogP contribution in [0.15, 0.2) is 53.4 Å². The lowest BCUT2D eigenvalue weighted by Crippen LogP contribution is -2.17. The molecule has 1 fully saturated rings. The highest BCUT2D eigenvalue weighted by molar-refractivity contribution is 8.18. The Labute approximate surface area is 150 Å². The van der Waals surface area contributed by atoms with E-state index in [4.69, 9.17) is 9.47 Å². The molecule has 0 spiro atoms. The Morgan fingerprint density at radius 3 is 2.52 bits per heavy atom. The van der Waals surface area contributed by atoms with E-state index in [0.717, 1.165) is 22.9 Å². The van der Waals surface area contributed by atoms with Crippen LogP contribution in [0.25, 0.3) is 6.08 Å². The summed E-state index contributed by atoms with van der Waals surface area (Å²) in [4.78, 5) is 23.3. The maximum atomic E-state index is 11.6. The first kappa shape index (κ1) is 17.1. The fourth-order valence-corrected chi connectivity index (χ4v) is 2.99. The Morgan fingerprint density at radius 2 is 1.84 bits per heavy atom. The van der Waals surface area contributed by atoms with Gasteiger partial charge in [-0.25, -0.2) is 0 Å². The third-order valence-corrected chi connectivity index (χ3v) is 4.26. The predicted octanol–water partition coefficient (Wildman–Crippen LogP) is 3.99. The fourth-order valence-electron chi connectivity index (χ4n) is 2.31. The highest BCUT2D eigenvalue weighted by Crippen LogP contribution is 2.32. The average molecular weight is 355 g/mol. The maximum absolute atomic E-state index is 11.6.